The van der Waals surface area contributed by atoms with E-state index in [1.807, 2.05) is 24.3 Å². The van der Waals surface area contributed by atoms with Gasteiger partial charge in [0.05, 0.1) is 5.02 Å². The van der Waals surface area contributed by atoms with Crippen molar-refractivity contribution in [3.8, 4) is 5.75 Å². The molecule has 122 valence electrons. The van der Waals surface area contributed by atoms with Gasteiger partial charge in [0.15, 0.2) is 6.10 Å². The number of benzene rings is 2. The lowest BCUT2D eigenvalue weighted by molar-refractivity contribution is -0.122. The first kappa shape index (κ1) is 17.6. The van der Waals surface area contributed by atoms with E-state index in [-0.39, 0.29) is 5.91 Å². The van der Waals surface area contributed by atoms with Gasteiger partial charge in [-0.2, -0.15) is 0 Å². The summed E-state index contributed by atoms with van der Waals surface area (Å²) in [6, 6.07) is 12.7. The average molecular weight is 352 g/mol. The third-order valence-electron chi connectivity index (χ3n) is 3.41. The van der Waals surface area contributed by atoms with E-state index in [9.17, 15) is 4.79 Å². The van der Waals surface area contributed by atoms with Gasteiger partial charge in [0.1, 0.15) is 5.75 Å². The number of carbonyl (C=O) groups is 1. The minimum atomic E-state index is -0.682. The molecule has 23 heavy (non-hydrogen) atoms. The number of hydrogen-bond acceptors (Lipinski definition) is 2. The zero-order valence-corrected chi connectivity index (χ0v) is 14.8. The van der Waals surface area contributed by atoms with Crippen LogP contribution in [0.3, 0.4) is 0 Å². The number of anilines is 1. The molecule has 2 aromatic rings. The quantitative estimate of drug-likeness (QED) is 0.769. The molecule has 0 aromatic heterocycles. The predicted molar refractivity (Wildman–Crippen MR) is 95.7 cm³/mol. The number of ether oxygens (including phenoxy) is 1. The average Bonchev–Trinajstić information content (AvgIpc) is 2.50. The van der Waals surface area contributed by atoms with Gasteiger partial charge in [-0.25, -0.2) is 0 Å². The van der Waals surface area contributed by atoms with E-state index in [4.69, 9.17) is 27.9 Å². The lowest BCUT2D eigenvalue weighted by atomic mass is 10.0. The number of hydrogen-bond donors (Lipinski definition) is 1. The maximum absolute atomic E-state index is 12.2. The number of rotatable bonds is 5. The lowest BCUT2D eigenvalue weighted by Gasteiger charge is -2.16. The molecule has 0 radical (unpaired) electrons. The van der Waals surface area contributed by atoms with Crippen molar-refractivity contribution < 1.29 is 9.53 Å². The normalized spacial score (nSPS) is 12.1. The first-order chi connectivity index (χ1) is 10.9. The highest BCUT2D eigenvalue weighted by molar-refractivity contribution is 6.35. The largest absolute Gasteiger partial charge is 0.479 e. The van der Waals surface area contributed by atoms with E-state index in [2.05, 4.69) is 19.2 Å². The molecule has 1 unspecified atom stereocenters. The van der Waals surface area contributed by atoms with Crippen molar-refractivity contribution in [1.82, 2.24) is 0 Å². The number of halogens is 2. The summed E-state index contributed by atoms with van der Waals surface area (Å²) in [6.07, 6.45) is -0.682. The fourth-order valence-electron chi connectivity index (χ4n) is 2.01. The van der Waals surface area contributed by atoms with Crippen LogP contribution in [-0.2, 0) is 4.79 Å². The minimum absolute atomic E-state index is 0.242. The molecule has 2 aromatic carbocycles. The Kier molecular flexibility index (Phi) is 5.91. The van der Waals surface area contributed by atoms with Gasteiger partial charge in [-0.15, -0.1) is 0 Å². The monoisotopic (exact) mass is 351 g/mol. The summed E-state index contributed by atoms with van der Waals surface area (Å²) in [4.78, 5) is 12.2. The summed E-state index contributed by atoms with van der Waals surface area (Å²) in [5, 5.41) is 3.72. The van der Waals surface area contributed by atoms with Crippen LogP contribution in [0.2, 0.25) is 10.0 Å². The summed E-state index contributed by atoms with van der Waals surface area (Å²) >= 11 is 11.9. The molecular weight excluding hydrogens is 333 g/mol. The van der Waals surface area contributed by atoms with Crippen LogP contribution in [-0.4, -0.2) is 12.0 Å². The van der Waals surface area contributed by atoms with E-state index in [0.717, 1.165) is 5.69 Å². The number of nitrogens with one attached hydrogen (secondary N) is 1. The molecule has 0 saturated heterocycles. The molecule has 0 fully saturated rings. The van der Waals surface area contributed by atoms with Crippen LogP contribution in [0, 0.1) is 0 Å². The van der Waals surface area contributed by atoms with Gasteiger partial charge < -0.3 is 10.1 Å². The van der Waals surface area contributed by atoms with E-state index in [1.54, 1.807) is 25.1 Å². The summed E-state index contributed by atoms with van der Waals surface area (Å²) in [5.41, 5.74) is 1.96. The molecule has 0 aliphatic carbocycles. The smallest absolute Gasteiger partial charge is 0.265 e. The van der Waals surface area contributed by atoms with Gasteiger partial charge in [-0.1, -0.05) is 49.2 Å². The first-order valence-electron chi connectivity index (χ1n) is 7.39. The van der Waals surface area contributed by atoms with Crippen molar-refractivity contribution in [1.29, 1.82) is 0 Å². The molecule has 1 atom stereocenters. The summed E-state index contributed by atoms with van der Waals surface area (Å²) in [7, 11) is 0. The molecule has 0 saturated carbocycles. The van der Waals surface area contributed by atoms with Gasteiger partial charge in [0.25, 0.3) is 5.91 Å². The highest BCUT2D eigenvalue weighted by Crippen LogP contribution is 2.28. The van der Waals surface area contributed by atoms with Crippen LogP contribution in [0.5, 0.6) is 5.75 Å². The van der Waals surface area contributed by atoms with Crippen LogP contribution in [0.4, 0.5) is 5.69 Å². The summed E-state index contributed by atoms with van der Waals surface area (Å²) in [6.45, 7) is 5.92. The van der Waals surface area contributed by atoms with Crippen molar-refractivity contribution in [3.63, 3.8) is 0 Å². The maximum Gasteiger partial charge on any atom is 0.265 e. The third kappa shape index (κ3) is 4.88. The zero-order valence-electron chi connectivity index (χ0n) is 13.3. The summed E-state index contributed by atoms with van der Waals surface area (Å²) in [5.74, 6) is 0.635. The predicted octanol–water partition coefficient (Wildman–Crippen LogP) is 5.52. The Balaban J connectivity index is 1.99. The van der Waals surface area contributed by atoms with E-state index in [0.29, 0.717) is 21.7 Å². The summed E-state index contributed by atoms with van der Waals surface area (Å²) < 4.78 is 5.59. The molecule has 2 rings (SSSR count). The molecule has 1 N–H and O–H groups in total. The molecule has 3 nitrogen and oxygen atoms in total. The van der Waals surface area contributed by atoms with Gasteiger partial charge in [-0.05, 0) is 48.7 Å². The fraction of sp³-hybridized carbons (Fsp3) is 0.278. The number of amides is 1. The van der Waals surface area contributed by atoms with E-state index < -0.39 is 6.10 Å². The standard InChI is InChI=1S/C18H19Cl2NO2/c1-11(2)13-4-7-15(8-5-13)21-18(22)12(3)23-17-9-6-14(19)10-16(17)20/h4-12H,1-3H3,(H,21,22). The fourth-order valence-corrected chi connectivity index (χ4v) is 2.46. The second-order valence-corrected chi connectivity index (χ2v) is 6.44. The van der Waals surface area contributed by atoms with Gasteiger partial charge >= 0.3 is 0 Å². The SMILES string of the molecule is CC(Oc1ccc(Cl)cc1Cl)C(=O)Nc1ccc(C(C)C)cc1. The minimum Gasteiger partial charge on any atom is -0.479 e. The Morgan fingerprint density at radius 1 is 1.04 bits per heavy atom. The van der Waals surface area contributed by atoms with Crippen molar-refractivity contribution in [2.75, 3.05) is 5.32 Å². The molecule has 0 aliphatic heterocycles. The molecular formula is C18H19Cl2NO2. The molecule has 0 bridgehead atoms. The highest BCUT2D eigenvalue weighted by atomic mass is 35.5. The van der Waals surface area contributed by atoms with Crippen LogP contribution < -0.4 is 10.1 Å². The van der Waals surface area contributed by atoms with Crippen molar-refractivity contribution >= 4 is 34.8 Å². The van der Waals surface area contributed by atoms with Crippen LogP contribution in [0.25, 0.3) is 0 Å². The number of carbonyl (C=O) groups excluding carboxylic acids is 1. The molecule has 0 heterocycles. The highest BCUT2D eigenvalue weighted by Gasteiger charge is 2.16. The Bertz CT molecular complexity index is 684. The maximum atomic E-state index is 12.2. The molecule has 0 aliphatic rings. The zero-order chi connectivity index (χ0) is 17.0. The van der Waals surface area contributed by atoms with Gasteiger partial charge in [-0.3, -0.25) is 4.79 Å². The van der Waals surface area contributed by atoms with Crippen LogP contribution in [0.15, 0.2) is 42.5 Å². The second kappa shape index (κ2) is 7.71. The van der Waals surface area contributed by atoms with E-state index in [1.165, 1.54) is 5.56 Å². The van der Waals surface area contributed by atoms with Gasteiger partial charge in [0, 0.05) is 10.7 Å². The van der Waals surface area contributed by atoms with Crippen molar-refractivity contribution in [2.24, 2.45) is 0 Å². The molecule has 0 spiro atoms. The second-order valence-electron chi connectivity index (χ2n) is 5.60. The molecule has 5 heteroatoms. The third-order valence-corrected chi connectivity index (χ3v) is 3.94. The van der Waals surface area contributed by atoms with Crippen molar-refractivity contribution in [2.45, 2.75) is 32.8 Å². The Morgan fingerprint density at radius 2 is 1.70 bits per heavy atom. The van der Waals surface area contributed by atoms with Crippen LogP contribution in [0.1, 0.15) is 32.3 Å². The van der Waals surface area contributed by atoms with E-state index >= 15 is 0 Å². The Labute approximate surface area is 146 Å². The topological polar surface area (TPSA) is 38.3 Å². The Morgan fingerprint density at radius 3 is 2.26 bits per heavy atom. The molecule has 1 amide bonds. The first-order valence-corrected chi connectivity index (χ1v) is 8.15. The Hall–Kier alpha value is -1.71. The lowest BCUT2D eigenvalue weighted by Crippen LogP contribution is -2.30. The van der Waals surface area contributed by atoms with Crippen molar-refractivity contribution in [3.05, 3.63) is 58.1 Å². The van der Waals surface area contributed by atoms with Gasteiger partial charge in [0.2, 0.25) is 0 Å². The van der Waals surface area contributed by atoms with Crippen LogP contribution >= 0.6 is 23.2 Å².